The summed E-state index contributed by atoms with van der Waals surface area (Å²) in [4.78, 5) is 26.7. The summed E-state index contributed by atoms with van der Waals surface area (Å²) in [5.74, 6) is 0.434. The number of nitrogens with one attached hydrogen (secondary N) is 1. The average Bonchev–Trinajstić information content (AvgIpc) is 3.23. The van der Waals surface area contributed by atoms with Crippen molar-refractivity contribution in [1.82, 2.24) is 15.2 Å². The number of hydrazone groups is 1. The van der Waals surface area contributed by atoms with Crippen molar-refractivity contribution in [2.75, 3.05) is 27.2 Å². The number of halogens is 1. The van der Waals surface area contributed by atoms with Crippen LogP contribution in [0.1, 0.15) is 36.9 Å². The van der Waals surface area contributed by atoms with Crippen molar-refractivity contribution < 1.29 is 14.3 Å². The lowest BCUT2D eigenvalue weighted by atomic mass is 9.98. The topological polar surface area (TPSA) is 74.2 Å². The van der Waals surface area contributed by atoms with Gasteiger partial charge in [-0.2, -0.15) is 5.10 Å². The number of carbonyl (C=O) groups is 2. The molecule has 7 nitrogen and oxygen atoms in total. The Labute approximate surface area is 187 Å². The maximum Gasteiger partial charge on any atom is 0.317 e. The summed E-state index contributed by atoms with van der Waals surface area (Å²) >= 11 is 6.45. The highest BCUT2D eigenvalue weighted by atomic mass is 35.5. The van der Waals surface area contributed by atoms with E-state index < -0.39 is 0 Å². The SMILES string of the molecule is CCCNC(=O)N(C)CC(=O)N1N=C(c2cccc(OC)c2)CC1c1ccccc1Cl. The van der Waals surface area contributed by atoms with Crippen LogP contribution in [0.3, 0.4) is 0 Å². The van der Waals surface area contributed by atoms with Crippen molar-refractivity contribution in [2.24, 2.45) is 5.10 Å². The molecule has 0 bridgehead atoms. The zero-order chi connectivity index (χ0) is 22.4. The Morgan fingerprint density at radius 3 is 2.74 bits per heavy atom. The third kappa shape index (κ3) is 5.35. The van der Waals surface area contributed by atoms with Crippen LogP contribution in [0, 0.1) is 0 Å². The number of nitrogens with zero attached hydrogens (tertiary/aromatic N) is 3. The summed E-state index contributed by atoms with van der Waals surface area (Å²) in [6, 6.07) is 14.4. The molecular formula is C23H27ClN4O3. The molecule has 0 aromatic heterocycles. The van der Waals surface area contributed by atoms with Crippen LogP contribution in [-0.2, 0) is 4.79 Å². The number of methoxy groups -OCH3 is 1. The molecule has 8 heteroatoms. The van der Waals surface area contributed by atoms with Crippen LogP contribution >= 0.6 is 11.6 Å². The highest BCUT2D eigenvalue weighted by Crippen LogP contribution is 2.36. The van der Waals surface area contributed by atoms with Crippen LogP contribution in [0.5, 0.6) is 5.75 Å². The van der Waals surface area contributed by atoms with Crippen LogP contribution < -0.4 is 10.1 Å². The van der Waals surface area contributed by atoms with E-state index in [-0.39, 0.29) is 24.5 Å². The summed E-state index contributed by atoms with van der Waals surface area (Å²) in [7, 11) is 3.20. The van der Waals surface area contributed by atoms with Crippen molar-refractivity contribution in [2.45, 2.75) is 25.8 Å². The summed E-state index contributed by atoms with van der Waals surface area (Å²) in [6.45, 7) is 2.44. The first kappa shape index (κ1) is 22.6. The Morgan fingerprint density at radius 2 is 2.03 bits per heavy atom. The van der Waals surface area contributed by atoms with E-state index >= 15 is 0 Å². The number of hydrogen-bond acceptors (Lipinski definition) is 4. The number of carbonyl (C=O) groups excluding carboxylic acids is 2. The van der Waals surface area contributed by atoms with E-state index in [2.05, 4.69) is 10.4 Å². The van der Waals surface area contributed by atoms with Gasteiger partial charge in [0.05, 0.1) is 18.9 Å². The molecule has 31 heavy (non-hydrogen) atoms. The van der Waals surface area contributed by atoms with Gasteiger partial charge < -0.3 is 15.0 Å². The molecule has 0 saturated carbocycles. The molecular weight excluding hydrogens is 416 g/mol. The molecule has 2 aromatic rings. The molecule has 2 aromatic carbocycles. The predicted octanol–water partition coefficient (Wildman–Crippen LogP) is 4.08. The van der Waals surface area contributed by atoms with Crippen molar-refractivity contribution in [3.63, 3.8) is 0 Å². The molecule has 0 aliphatic carbocycles. The third-order valence-electron chi connectivity index (χ3n) is 5.08. The van der Waals surface area contributed by atoms with Crippen molar-refractivity contribution >= 4 is 29.3 Å². The van der Waals surface area contributed by atoms with E-state index in [4.69, 9.17) is 16.3 Å². The van der Waals surface area contributed by atoms with Gasteiger partial charge in [-0.25, -0.2) is 9.80 Å². The van der Waals surface area contributed by atoms with Gasteiger partial charge in [-0.15, -0.1) is 0 Å². The number of ether oxygens (including phenoxy) is 1. The highest BCUT2D eigenvalue weighted by Gasteiger charge is 2.35. The Balaban J connectivity index is 1.88. The number of hydrogen-bond donors (Lipinski definition) is 1. The maximum atomic E-state index is 13.2. The second-order valence-electron chi connectivity index (χ2n) is 7.35. The molecule has 1 atom stereocenters. The van der Waals surface area contributed by atoms with Crippen molar-refractivity contribution in [1.29, 1.82) is 0 Å². The molecule has 1 aliphatic heterocycles. The van der Waals surface area contributed by atoms with E-state index in [9.17, 15) is 9.59 Å². The zero-order valence-corrected chi connectivity index (χ0v) is 18.7. The molecule has 3 amide bonds. The molecule has 3 rings (SSSR count). The lowest BCUT2D eigenvalue weighted by Gasteiger charge is -2.25. The lowest BCUT2D eigenvalue weighted by Crippen LogP contribution is -2.43. The molecule has 0 radical (unpaired) electrons. The summed E-state index contributed by atoms with van der Waals surface area (Å²) in [6.07, 6.45) is 1.33. The van der Waals surface area contributed by atoms with Gasteiger partial charge in [-0.3, -0.25) is 4.79 Å². The summed E-state index contributed by atoms with van der Waals surface area (Å²) in [5.41, 5.74) is 2.45. The van der Waals surface area contributed by atoms with Crippen molar-refractivity contribution in [3.05, 3.63) is 64.7 Å². The van der Waals surface area contributed by atoms with Gasteiger partial charge in [0.15, 0.2) is 0 Å². The van der Waals surface area contributed by atoms with Gasteiger partial charge in [0.1, 0.15) is 12.3 Å². The van der Waals surface area contributed by atoms with Gasteiger partial charge in [0.2, 0.25) is 0 Å². The Morgan fingerprint density at radius 1 is 1.26 bits per heavy atom. The smallest absolute Gasteiger partial charge is 0.317 e. The van der Waals surface area contributed by atoms with E-state index in [1.165, 1.54) is 9.91 Å². The number of amides is 3. The second-order valence-corrected chi connectivity index (χ2v) is 7.75. The lowest BCUT2D eigenvalue weighted by molar-refractivity contribution is -0.133. The molecule has 1 N–H and O–H groups in total. The first-order chi connectivity index (χ1) is 14.9. The van der Waals surface area contributed by atoms with Crippen LogP contribution in [0.4, 0.5) is 4.79 Å². The Kier molecular flexibility index (Phi) is 7.52. The fourth-order valence-electron chi connectivity index (χ4n) is 3.42. The molecule has 1 unspecified atom stereocenters. The van der Waals surface area contributed by atoms with Crippen LogP contribution in [0.15, 0.2) is 53.6 Å². The molecule has 1 heterocycles. The second kappa shape index (κ2) is 10.3. The van der Waals surface area contributed by atoms with Crippen LogP contribution in [0.25, 0.3) is 0 Å². The van der Waals surface area contributed by atoms with Gasteiger partial charge in [-0.1, -0.05) is 48.9 Å². The summed E-state index contributed by atoms with van der Waals surface area (Å²) < 4.78 is 5.32. The first-order valence-electron chi connectivity index (χ1n) is 10.2. The quantitative estimate of drug-likeness (QED) is 0.702. The van der Waals surface area contributed by atoms with Gasteiger partial charge in [0.25, 0.3) is 5.91 Å². The predicted molar refractivity (Wildman–Crippen MR) is 122 cm³/mol. The Bertz CT molecular complexity index is 979. The van der Waals surface area contributed by atoms with Gasteiger partial charge in [-0.05, 0) is 30.2 Å². The fourth-order valence-corrected chi connectivity index (χ4v) is 3.68. The van der Waals surface area contributed by atoms with Crippen molar-refractivity contribution in [3.8, 4) is 5.75 Å². The van der Waals surface area contributed by atoms with Crippen LogP contribution in [-0.4, -0.2) is 54.8 Å². The van der Waals surface area contributed by atoms with E-state index in [1.807, 2.05) is 49.4 Å². The highest BCUT2D eigenvalue weighted by molar-refractivity contribution is 6.31. The van der Waals surface area contributed by atoms with E-state index in [1.54, 1.807) is 20.2 Å². The molecule has 164 valence electrons. The number of benzene rings is 2. The monoisotopic (exact) mass is 442 g/mol. The molecule has 0 spiro atoms. The van der Waals surface area contributed by atoms with Crippen LogP contribution in [0.2, 0.25) is 5.02 Å². The minimum absolute atomic E-state index is 0.0919. The van der Waals surface area contributed by atoms with Gasteiger partial charge in [0, 0.05) is 30.6 Å². The fraction of sp³-hybridized carbons (Fsp3) is 0.348. The minimum atomic E-state index is -0.352. The molecule has 1 aliphatic rings. The Hall–Kier alpha value is -3.06. The maximum absolute atomic E-state index is 13.2. The molecule has 0 saturated heterocycles. The summed E-state index contributed by atoms with van der Waals surface area (Å²) in [5, 5.41) is 9.42. The minimum Gasteiger partial charge on any atom is -0.497 e. The largest absolute Gasteiger partial charge is 0.497 e. The zero-order valence-electron chi connectivity index (χ0n) is 18.0. The van der Waals surface area contributed by atoms with E-state index in [0.717, 1.165) is 23.3 Å². The first-order valence-corrected chi connectivity index (χ1v) is 10.6. The van der Waals surface area contributed by atoms with Gasteiger partial charge >= 0.3 is 6.03 Å². The standard InChI is InChI=1S/C23H27ClN4O3/c1-4-12-25-23(30)27(2)15-22(29)28-21(18-10-5-6-11-19(18)24)14-20(26-28)16-8-7-9-17(13-16)31-3/h5-11,13,21H,4,12,14-15H2,1-3H3,(H,25,30). The average molecular weight is 443 g/mol. The number of urea groups is 1. The number of likely N-dealkylation sites (N-methyl/N-ethyl adjacent to an activating group) is 1. The molecule has 0 fully saturated rings. The van der Waals surface area contributed by atoms with E-state index in [0.29, 0.717) is 23.7 Å². The normalized spacial score (nSPS) is 15.4. The number of rotatable bonds is 7. The third-order valence-corrected chi connectivity index (χ3v) is 5.42.